The molecule has 0 radical (unpaired) electrons. The van der Waals surface area contributed by atoms with Gasteiger partial charge in [0.1, 0.15) is 12.7 Å². The van der Waals surface area contributed by atoms with Crippen LogP contribution in [0.3, 0.4) is 0 Å². The Labute approximate surface area is 246 Å². The van der Waals surface area contributed by atoms with Gasteiger partial charge in [-0.05, 0) is 68.5 Å². The van der Waals surface area contributed by atoms with Crippen LogP contribution in [0.2, 0.25) is 0 Å². The van der Waals surface area contributed by atoms with Crippen LogP contribution in [-0.4, -0.2) is 46.8 Å². The number of para-hydroxylation sites is 1. The normalized spacial score (nSPS) is 19.6. The van der Waals surface area contributed by atoms with Crippen molar-refractivity contribution in [3.63, 3.8) is 0 Å². The van der Waals surface area contributed by atoms with E-state index in [4.69, 9.17) is 9.47 Å². The highest BCUT2D eigenvalue weighted by Crippen LogP contribution is 2.38. The lowest BCUT2D eigenvalue weighted by atomic mass is 9.91. The summed E-state index contributed by atoms with van der Waals surface area (Å²) in [5.41, 5.74) is 6.07. The Balaban J connectivity index is 0.000000322. The predicted molar refractivity (Wildman–Crippen MR) is 161 cm³/mol. The first kappa shape index (κ1) is 29.8. The van der Waals surface area contributed by atoms with Crippen molar-refractivity contribution in [1.29, 1.82) is 0 Å². The van der Waals surface area contributed by atoms with Crippen LogP contribution in [-0.2, 0) is 22.4 Å². The summed E-state index contributed by atoms with van der Waals surface area (Å²) in [6.45, 7) is 3.34. The van der Waals surface area contributed by atoms with Gasteiger partial charge in [0, 0.05) is 59.5 Å². The number of halogens is 2. The molecule has 3 aliphatic rings. The van der Waals surface area contributed by atoms with Gasteiger partial charge in [-0.2, -0.15) is 0 Å². The van der Waals surface area contributed by atoms with Crippen LogP contribution in [0.15, 0.2) is 48.5 Å². The maximum Gasteiger partial charge on any atom is 0.198 e. The van der Waals surface area contributed by atoms with Gasteiger partial charge in [-0.15, -0.1) is 24.8 Å². The molecule has 7 nitrogen and oxygen atoms in total. The maximum atomic E-state index is 10.4. The van der Waals surface area contributed by atoms with E-state index in [1.807, 2.05) is 25.1 Å². The molecular weight excluding hydrogens is 549 g/mol. The standard InChI is InChI=1S/C25H25N3O2.C6H8O2.2ClH/c1-15-6-8-20-22(27-15)10-11-24-25(20)30-17(14-29-24)13-26-16-7-9-19-18-4-2-3-5-21(18)28-23(19)12-16;7-5-3-1-2-4-6(5)8;;/h2-6,8,10-11,16-17,26,28H,7,9,12-14H2,1H3;1-4H2;2*1H/t16?,17-;;;/m0.../s1. The molecule has 1 aliphatic heterocycles. The molecule has 0 saturated heterocycles. The van der Waals surface area contributed by atoms with Crippen LogP contribution in [0.1, 0.15) is 49.1 Å². The minimum absolute atomic E-state index is 0. The van der Waals surface area contributed by atoms with Crippen molar-refractivity contribution >= 4 is 58.2 Å². The van der Waals surface area contributed by atoms with E-state index in [9.17, 15) is 9.59 Å². The van der Waals surface area contributed by atoms with Crippen LogP contribution in [0, 0.1) is 6.92 Å². The molecule has 1 fully saturated rings. The molecule has 2 aromatic heterocycles. The van der Waals surface area contributed by atoms with Gasteiger partial charge in [-0.3, -0.25) is 14.6 Å². The molecule has 4 aromatic rings. The number of carbonyl (C=O) groups is 2. The number of hydrogen-bond acceptors (Lipinski definition) is 6. The number of aromatic amines is 1. The molecule has 2 N–H and O–H groups in total. The summed E-state index contributed by atoms with van der Waals surface area (Å²) in [5.74, 6) is 1.29. The highest BCUT2D eigenvalue weighted by molar-refractivity contribution is 6.37. The zero-order chi connectivity index (χ0) is 26.1. The Bertz CT molecular complexity index is 1500. The number of ketones is 2. The number of Topliss-reactive ketones (excluding diaryl/α,β-unsaturated/α-hetero) is 2. The predicted octanol–water partition coefficient (Wildman–Crippen LogP) is 5.85. The summed E-state index contributed by atoms with van der Waals surface area (Å²) >= 11 is 0. The minimum atomic E-state index is -0.170. The first-order chi connectivity index (χ1) is 18.5. The Hall–Kier alpha value is -3.13. The van der Waals surface area contributed by atoms with E-state index >= 15 is 0 Å². The number of fused-ring (bicyclic) bond motifs is 6. The largest absolute Gasteiger partial charge is 0.486 e. The number of carbonyl (C=O) groups excluding carboxylic acids is 2. The van der Waals surface area contributed by atoms with Gasteiger partial charge >= 0.3 is 0 Å². The van der Waals surface area contributed by atoms with Crippen molar-refractivity contribution < 1.29 is 19.1 Å². The van der Waals surface area contributed by atoms with Gasteiger partial charge in [-0.25, -0.2) is 0 Å². The molecule has 2 atom stereocenters. The van der Waals surface area contributed by atoms with Crippen molar-refractivity contribution in [3.05, 3.63) is 65.5 Å². The molecule has 212 valence electrons. The van der Waals surface area contributed by atoms with Gasteiger partial charge in [0.2, 0.25) is 0 Å². The highest BCUT2D eigenvalue weighted by Gasteiger charge is 2.26. The number of hydrogen-bond donors (Lipinski definition) is 2. The van der Waals surface area contributed by atoms with E-state index in [1.54, 1.807) is 0 Å². The molecule has 1 unspecified atom stereocenters. The van der Waals surface area contributed by atoms with E-state index in [1.165, 1.54) is 22.2 Å². The van der Waals surface area contributed by atoms with E-state index in [-0.39, 0.29) is 42.5 Å². The van der Waals surface area contributed by atoms with Gasteiger partial charge in [0.15, 0.2) is 23.1 Å². The first-order valence-electron chi connectivity index (χ1n) is 13.6. The number of pyridine rings is 1. The number of ether oxygens (including phenoxy) is 2. The average Bonchev–Trinajstić information content (AvgIpc) is 3.31. The Morgan fingerprint density at radius 3 is 2.50 bits per heavy atom. The number of nitrogens with one attached hydrogen (secondary N) is 2. The molecule has 2 aromatic carbocycles. The van der Waals surface area contributed by atoms with E-state index < -0.39 is 0 Å². The molecular formula is C31H35Cl2N3O4. The fraction of sp³-hybridized carbons (Fsp3) is 0.387. The monoisotopic (exact) mass is 583 g/mol. The van der Waals surface area contributed by atoms with Crippen LogP contribution in [0.25, 0.3) is 21.8 Å². The average molecular weight is 585 g/mol. The SMILES string of the molecule is Cc1ccc2c3c(ccc2n1)OC[C@H](CNC1CCc2c([nH]c4ccccc24)C1)O3.Cl.Cl.O=C1CCCCC1=O. The summed E-state index contributed by atoms with van der Waals surface area (Å²) in [5, 5.41) is 6.12. The van der Waals surface area contributed by atoms with Crippen molar-refractivity contribution in [1.82, 2.24) is 15.3 Å². The summed E-state index contributed by atoms with van der Waals surface area (Å²) < 4.78 is 12.4. The van der Waals surface area contributed by atoms with Gasteiger partial charge in [0.05, 0.1) is 5.52 Å². The fourth-order valence-electron chi connectivity index (χ4n) is 5.68. The molecule has 0 amide bonds. The third-order valence-corrected chi connectivity index (χ3v) is 7.73. The van der Waals surface area contributed by atoms with E-state index in [0.717, 1.165) is 66.7 Å². The van der Waals surface area contributed by atoms with Crippen LogP contribution < -0.4 is 14.8 Å². The second-order valence-electron chi connectivity index (χ2n) is 10.5. The molecule has 2 aliphatic carbocycles. The number of aryl methyl sites for hydroxylation is 2. The van der Waals surface area contributed by atoms with Gasteiger partial charge in [0.25, 0.3) is 0 Å². The lowest BCUT2D eigenvalue weighted by molar-refractivity contribution is -0.137. The van der Waals surface area contributed by atoms with E-state index in [2.05, 4.69) is 45.6 Å². The minimum Gasteiger partial charge on any atom is -0.486 e. The molecule has 3 heterocycles. The first-order valence-corrected chi connectivity index (χ1v) is 13.6. The summed E-state index contributed by atoms with van der Waals surface area (Å²) in [6, 6.07) is 17.1. The zero-order valence-corrected chi connectivity index (χ0v) is 24.2. The number of rotatable bonds is 3. The topological polar surface area (TPSA) is 93.3 Å². The Morgan fingerprint density at radius 2 is 1.73 bits per heavy atom. The van der Waals surface area contributed by atoms with Crippen molar-refractivity contribution in [2.75, 3.05) is 13.2 Å². The lowest BCUT2D eigenvalue weighted by Crippen LogP contribution is -2.44. The third kappa shape index (κ3) is 6.27. The molecule has 7 rings (SSSR count). The fourth-order valence-corrected chi connectivity index (χ4v) is 5.68. The number of benzene rings is 2. The lowest BCUT2D eigenvalue weighted by Gasteiger charge is -2.30. The molecule has 0 spiro atoms. The van der Waals surface area contributed by atoms with E-state index in [0.29, 0.717) is 25.5 Å². The molecule has 9 heteroatoms. The molecule has 1 saturated carbocycles. The Kier molecular flexibility index (Phi) is 9.72. The van der Waals surface area contributed by atoms with Crippen LogP contribution in [0.5, 0.6) is 11.5 Å². The number of aromatic nitrogens is 2. The van der Waals surface area contributed by atoms with Crippen molar-refractivity contribution in [3.8, 4) is 11.5 Å². The third-order valence-electron chi connectivity index (χ3n) is 7.73. The van der Waals surface area contributed by atoms with Crippen LogP contribution >= 0.6 is 24.8 Å². The maximum absolute atomic E-state index is 10.4. The molecule has 0 bridgehead atoms. The summed E-state index contributed by atoms with van der Waals surface area (Å²) in [7, 11) is 0. The van der Waals surface area contributed by atoms with Crippen molar-refractivity contribution in [2.24, 2.45) is 0 Å². The van der Waals surface area contributed by atoms with Gasteiger partial charge < -0.3 is 19.8 Å². The zero-order valence-electron chi connectivity index (χ0n) is 22.5. The van der Waals surface area contributed by atoms with Gasteiger partial charge in [-0.1, -0.05) is 18.2 Å². The quantitative estimate of drug-likeness (QED) is 0.294. The second-order valence-corrected chi connectivity index (χ2v) is 10.5. The summed E-state index contributed by atoms with van der Waals surface area (Å²) in [4.78, 5) is 29.1. The number of H-pyrrole nitrogens is 1. The Morgan fingerprint density at radius 1 is 0.950 bits per heavy atom. The summed E-state index contributed by atoms with van der Waals surface area (Å²) in [6.07, 6.45) is 6.06. The number of nitrogens with zero attached hydrogens (tertiary/aromatic N) is 1. The van der Waals surface area contributed by atoms with Crippen LogP contribution in [0.4, 0.5) is 0 Å². The van der Waals surface area contributed by atoms with Crippen molar-refractivity contribution in [2.45, 2.75) is 64.0 Å². The second kappa shape index (κ2) is 13.0. The highest BCUT2D eigenvalue weighted by atomic mass is 35.5. The molecule has 40 heavy (non-hydrogen) atoms. The smallest absolute Gasteiger partial charge is 0.198 e.